The number of Topliss-reactive ketones (excluding diaryl/α,β-unsaturated/α-hetero) is 2. The van der Waals surface area contributed by atoms with Crippen LogP contribution in [0.5, 0.6) is 0 Å². The molecule has 40 heavy (non-hydrogen) atoms. The van der Waals surface area contributed by atoms with Gasteiger partial charge in [-0.25, -0.2) is 4.98 Å². The molecule has 4 N–H and O–H groups in total. The van der Waals surface area contributed by atoms with Crippen LogP contribution in [0.2, 0.25) is 0 Å². The van der Waals surface area contributed by atoms with Gasteiger partial charge in [0.1, 0.15) is 5.82 Å². The van der Waals surface area contributed by atoms with Crippen molar-refractivity contribution in [2.24, 2.45) is 5.73 Å². The molecule has 0 unspecified atom stereocenters. The van der Waals surface area contributed by atoms with Gasteiger partial charge in [-0.3, -0.25) is 14.5 Å². The molecule has 2 heterocycles. The summed E-state index contributed by atoms with van der Waals surface area (Å²) in [4.78, 5) is 35.6. The van der Waals surface area contributed by atoms with E-state index in [2.05, 4.69) is 15.1 Å². The highest BCUT2D eigenvalue weighted by molar-refractivity contribution is 6.08. The third-order valence-electron chi connectivity index (χ3n) is 7.61. The Labute approximate surface area is 237 Å². The number of nitrogens with zero attached hydrogens (tertiary/aromatic N) is 3. The first-order valence-electron chi connectivity index (χ1n) is 14.2. The number of carbonyl (C=O) groups excluding carboxylic acids is 2. The summed E-state index contributed by atoms with van der Waals surface area (Å²) >= 11 is 0. The Bertz CT molecular complexity index is 1320. The maximum absolute atomic E-state index is 13.6. The quantitative estimate of drug-likeness (QED) is 0.275. The second kappa shape index (κ2) is 13.2. The number of piperazine rings is 1. The minimum absolute atomic E-state index is 0.0774. The van der Waals surface area contributed by atoms with Crippen molar-refractivity contribution >= 4 is 29.3 Å². The number of nitrogens with one attached hydrogen (secondary N) is 2. The zero-order valence-corrected chi connectivity index (χ0v) is 24.2. The van der Waals surface area contributed by atoms with Crippen LogP contribution in [0.15, 0.2) is 53.3 Å². The number of hydrogen-bond donors (Lipinski definition) is 3. The lowest BCUT2D eigenvalue weighted by Crippen LogP contribution is -2.48. The molecule has 4 rings (SSSR count). The number of nitrogens with two attached hydrogens (primary N) is 1. The summed E-state index contributed by atoms with van der Waals surface area (Å²) in [5, 5.41) is 11.5. The van der Waals surface area contributed by atoms with E-state index in [1.165, 1.54) is 6.21 Å². The molecule has 0 bridgehead atoms. The lowest BCUT2D eigenvalue weighted by atomic mass is 9.88. The van der Waals surface area contributed by atoms with Gasteiger partial charge in [0.2, 0.25) is 0 Å². The molecule has 8 nitrogen and oxygen atoms in total. The number of benzene rings is 1. The topological polar surface area (TPSA) is 115 Å². The summed E-state index contributed by atoms with van der Waals surface area (Å²) in [6.07, 6.45) is 6.16. The molecule has 0 radical (unpaired) electrons. The van der Waals surface area contributed by atoms with Crippen molar-refractivity contribution in [3.8, 4) is 11.1 Å². The largest absolute Gasteiger partial charge is 0.382 e. The predicted molar refractivity (Wildman–Crippen MR) is 164 cm³/mol. The minimum atomic E-state index is -0.0774. The van der Waals surface area contributed by atoms with Gasteiger partial charge in [-0.1, -0.05) is 11.6 Å². The van der Waals surface area contributed by atoms with Gasteiger partial charge in [-0.15, -0.1) is 0 Å². The fourth-order valence-corrected chi connectivity index (χ4v) is 5.56. The van der Waals surface area contributed by atoms with Crippen molar-refractivity contribution in [3.05, 3.63) is 64.4 Å². The van der Waals surface area contributed by atoms with Gasteiger partial charge in [0.25, 0.3) is 0 Å². The highest BCUT2D eigenvalue weighted by Gasteiger charge is 2.22. The predicted octanol–water partition coefficient (Wildman–Crippen LogP) is 4.85. The van der Waals surface area contributed by atoms with E-state index in [9.17, 15) is 9.59 Å². The number of pyridine rings is 1. The Balaban J connectivity index is 1.60. The zero-order valence-electron chi connectivity index (χ0n) is 24.2. The average Bonchev–Trinajstić information content (AvgIpc) is 2.92. The molecule has 1 aliphatic heterocycles. The van der Waals surface area contributed by atoms with Crippen LogP contribution in [0.1, 0.15) is 62.9 Å². The van der Waals surface area contributed by atoms with E-state index in [1.54, 1.807) is 0 Å². The van der Waals surface area contributed by atoms with Crippen LogP contribution in [0.25, 0.3) is 11.1 Å². The Morgan fingerprint density at radius 2 is 1.90 bits per heavy atom. The molecule has 8 heteroatoms. The van der Waals surface area contributed by atoms with Crippen LogP contribution >= 0.6 is 0 Å². The molecule has 0 saturated carbocycles. The van der Waals surface area contributed by atoms with Crippen LogP contribution in [-0.2, 0) is 4.79 Å². The summed E-state index contributed by atoms with van der Waals surface area (Å²) in [5.74, 6) is 0.959. The summed E-state index contributed by atoms with van der Waals surface area (Å²) in [6, 6.07) is 8.06. The van der Waals surface area contributed by atoms with E-state index >= 15 is 0 Å². The Hall–Kier alpha value is -3.62. The summed E-state index contributed by atoms with van der Waals surface area (Å²) in [5.41, 5.74) is 12.0. The maximum atomic E-state index is 13.6. The fourth-order valence-electron chi connectivity index (χ4n) is 5.56. The molecule has 2 aliphatic rings. The normalized spacial score (nSPS) is 16.4. The molecule has 0 amide bonds. The second-order valence-electron chi connectivity index (χ2n) is 11.1. The Morgan fingerprint density at radius 1 is 1.15 bits per heavy atom. The Morgan fingerprint density at radius 3 is 2.50 bits per heavy atom. The average molecular weight is 543 g/mol. The number of aromatic nitrogens is 1. The van der Waals surface area contributed by atoms with Crippen molar-refractivity contribution in [1.29, 1.82) is 5.41 Å². The Kier molecular flexibility index (Phi) is 9.66. The molecule has 212 valence electrons. The minimum Gasteiger partial charge on any atom is -0.382 e. The molecule has 1 aliphatic carbocycles. The lowest BCUT2D eigenvalue weighted by molar-refractivity contribution is -0.115. The third kappa shape index (κ3) is 6.92. The van der Waals surface area contributed by atoms with E-state index in [1.807, 2.05) is 64.2 Å². The third-order valence-corrected chi connectivity index (χ3v) is 7.61. The van der Waals surface area contributed by atoms with Crippen LogP contribution in [-0.4, -0.2) is 73.0 Å². The molecular formula is C32H42N6O2. The van der Waals surface area contributed by atoms with Gasteiger partial charge >= 0.3 is 0 Å². The highest BCUT2D eigenvalue weighted by Crippen LogP contribution is 2.31. The van der Waals surface area contributed by atoms with E-state index in [0.717, 1.165) is 72.1 Å². The van der Waals surface area contributed by atoms with Gasteiger partial charge in [0.15, 0.2) is 11.6 Å². The van der Waals surface area contributed by atoms with Crippen LogP contribution in [0.3, 0.4) is 0 Å². The van der Waals surface area contributed by atoms with E-state index in [0.29, 0.717) is 30.5 Å². The molecule has 2 aromatic rings. The van der Waals surface area contributed by atoms with E-state index in [-0.39, 0.29) is 24.0 Å². The van der Waals surface area contributed by atoms with E-state index in [4.69, 9.17) is 16.1 Å². The molecule has 1 fully saturated rings. The lowest BCUT2D eigenvalue weighted by Gasteiger charge is -2.35. The van der Waals surface area contributed by atoms with Crippen molar-refractivity contribution in [1.82, 2.24) is 9.88 Å². The second-order valence-corrected chi connectivity index (χ2v) is 11.1. The fraction of sp³-hybridized carbons (Fsp3) is 0.438. The molecule has 1 saturated heterocycles. The summed E-state index contributed by atoms with van der Waals surface area (Å²) in [6.45, 7) is 13.3. The summed E-state index contributed by atoms with van der Waals surface area (Å²) < 4.78 is 0. The van der Waals surface area contributed by atoms with Gasteiger partial charge < -0.3 is 21.4 Å². The van der Waals surface area contributed by atoms with Crippen molar-refractivity contribution in [3.63, 3.8) is 0 Å². The molecule has 0 atom stereocenters. The number of anilines is 2. The van der Waals surface area contributed by atoms with Crippen molar-refractivity contribution in [2.75, 3.05) is 49.5 Å². The zero-order chi connectivity index (χ0) is 28.8. The number of allylic oxidation sites excluding steroid dienone is 4. The van der Waals surface area contributed by atoms with Gasteiger partial charge in [-0.2, -0.15) is 0 Å². The van der Waals surface area contributed by atoms with Crippen LogP contribution in [0, 0.1) is 5.41 Å². The number of rotatable bonds is 11. The van der Waals surface area contributed by atoms with Crippen LogP contribution in [0.4, 0.5) is 11.5 Å². The standard InChI is InChI=1S/C32H42N6O2/c1-21(2)36-29-18-25(24-5-8-32(35-20-24)38-13-11-37(10-9-33)12-14-38)17-27(28(29)19-34)30(39)7-6-26-23(4)15-22(3)16-31(26)40/h5,8,15,17-21,34,36H,6-7,9-14,16,33H2,1-4H3. The van der Waals surface area contributed by atoms with Gasteiger partial charge in [0, 0.05) is 92.9 Å². The number of hydrogen-bond acceptors (Lipinski definition) is 8. The number of carbonyl (C=O) groups is 2. The smallest absolute Gasteiger partial charge is 0.163 e. The first kappa shape index (κ1) is 29.4. The molecular weight excluding hydrogens is 500 g/mol. The van der Waals surface area contributed by atoms with Gasteiger partial charge in [0.05, 0.1) is 0 Å². The van der Waals surface area contributed by atoms with Gasteiger partial charge in [-0.05, 0) is 75.1 Å². The summed E-state index contributed by atoms with van der Waals surface area (Å²) in [7, 11) is 0. The number of ketones is 2. The first-order chi connectivity index (χ1) is 19.2. The van der Waals surface area contributed by atoms with Crippen molar-refractivity contribution in [2.45, 2.75) is 53.0 Å². The van der Waals surface area contributed by atoms with Crippen molar-refractivity contribution < 1.29 is 9.59 Å². The van der Waals surface area contributed by atoms with Crippen LogP contribution < -0.4 is 16.0 Å². The van der Waals surface area contributed by atoms with E-state index < -0.39 is 0 Å². The first-order valence-corrected chi connectivity index (χ1v) is 14.2. The maximum Gasteiger partial charge on any atom is 0.163 e. The SMILES string of the molecule is CC1=CC(C)=C(CCC(=O)c2cc(-c3ccc(N4CCN(CCN)CC4)nc3)cc(NC(C)C)c2C=N)C(=O)C1. The highest BCUT2D eigenvalue weighted by atomic mass is 16.1. The molecule has 1 aromatic carbocycles. The monoisotopic (exact) mass is 542 g/mol. The molecule has 1 aromatic heterocycles. The molecule has 0 spiro atoms.